The van der Waals surface area contributed by atoms with E-state index < -0.39 is 0 Å². The van der Waals surface area contributed by atoms with E-state index in [-0.39, 0.29) is 5.91 Å². The molecule has 0 aliphatic carbocycles. The number of hydrogen-bond donors (Lipinski definition) is 1. The second-order valence-corrected chi connectivity index (χ2v) is 8.03. The summed E-state index contributed by atoms with van der Waals surface area (Å²) in [4.78, 5) is 18.3. The maximum Gasteiger partial charge on any atom is 0.230 e. The van der Waals surface area contributed by atoms with Gasteiger partial charge in [0.2, 0.25) is 5.91 Å². The number of aryl methyl sites for hydroxylation is 1. The number of carbonyl (C=O) groups is 1. The molecule has 1 unspecified atom stereocenters. The van der Waals surface area contributed by atoms with Gasteiger partial charge in [0.15, 0.2) is 0 Å². The predicted molar refractivity (Wildman–Crippen MR) is 103 cm³/mol. The van der Waals surface area contributed by atoms with E-state index in [1.165, 1.54) is 10.5 Å². The Bertz CT molecular complexity index is 527. The maximum absolute atomic E-state index is 12.2. The number of hydrogen-bond acceptors (Lipinski definition) is 4. The lowest BCUT2D eigenvalue weighted by Gasteiger charge is -2.39. The zero-order valence-electron chi connectivity index (χ0n) is 15.4. The number of nitrogens with zero attached hydrogens (tertiary/aromatic N) is 2. The van der Waals surface area contributed by atoms with Crippen LogP contribution in [0.25, 0.3) is 0 Å². The molecule has 1 aliphatic heterocycles. The first-order valence-electron chi connectivity index (χ1n) is 8.85. The lowest BCUT2D eigenvalue weighted by molar-refractivity contribution is -0.118. The molecule has 1 aromatic carbocycles. The Balaban J connectivity index is 1.79. The van der Waals surface area contributed by atoms with E-state index in [1.54, 1.807) is 11.8 Å². The van der Waals surface area contributed by atoms with Crippen LogP contribution < -0.4 is 5.32 Å². The number of piperazine rings is 1. The summed E-state index contributed by atoms with van der Waals surface area (Å²) >= 11 is 1.62. The summed E-state index contributed by atoms with van der Waals surface area (Å²) in [6.45, 7) is 11.7. The predicted octanol–water partition coefficient (Wildman–Crippen LogP) is 2.48. The fourth-order valence-corrected chi connectivity index (χ4v) is 3.93. The van der Waals surface area contributed by atoms with E-state index >= 15 is 0 Å². The van der Waals surface area contributed by atoms with Crippen molar-refractivity contribution in [1.29, 1.82) is 0 Å². The molecule has 134 valence electrons. The van der Waals surface area contributed by atoms with Crippen LogP contribution in [0.4, 0.5) is 0 Å². The van der Waals surface area contributed by atoms with Crippen molar-refractivity contribution in [3.05, 3.63) is 29.8 Å². The number of nitrogens with one attached hydrogen (secondary N) is 1. The van der Waals surface area contributed by atoms with Gasteiger partial charge in [0.05, 0.1) is 5.75 Å². The third-order valence-electron chi connectivity index (χ3n) is 4.74. The van der Waals surface area contributed by atoms with Gasteiger partial charge < -0.3 is 10.2 Å². The van der Waals surface area contributed by atoms with Crippen LogP contribution in [0.3, 0.4) is 0 Å². The average Bonchev–Trinajstić information content (AvgIpc) is 2.55. The molecule has 0 radical (unpaired) electrons. The second kappa shape index (κ2) is 9.44. The van der Waals surface area contributed by atoms with Gasteiger partial charge in [-0.1, -0.05) is 32.0 Å². The molecule has 24 heavy (non-hydrogen) atoms. The Kier molecular flexibility index (Phi) is 7.59. The van der Waals surface area contributed by atoms with Crippen LogP contribution in [0.15, 0.2) is 29.2 Å². The molecule has 0 aromatic heterocycles. The van der Waals surface area contributed by atoms with Crippen LogP contribution in [-0.4, -0.2) is 67.3 Å². The first-order valence-corrected chi connectivity index (χ1v) is 9.83. The van der Waals surface area contributed by atoms with E-state index in [0.717, 1.165) is 32.7 Å². The van der Waals surface area contributed by atoms with Gasteiger partial charge >= 0.3 is 0 Å². The molecule has 0 bridgehead atoms. The number of benzene rings is 1. The SMILES string of the molecule is Cc1ccccc1SCC(=O)NCC(C(C)C)N1CCN(C)CC1. The lowest BCUT2D eigenvalue weighted by Crippen LogP contribution is -2.54. The van der Waals surface area contributed by atoms with E-state index in [2.05, 4.69) is 55.1 Å². The molecule has 1 fully saturated rings. The van der Waals surface area contributed by atoms with E-state index in [1.807, 2.05) is 12.1 Å². The smallest absolute Gasteiger partial charge is 0.230 e. The number of likely N-dealkylation sites (N-methyl/N-ethyl adjacent to an activating group) is 1. The molecule has 0 saturated carbocycles. The number of thioether (sulfide) groups is 1. The molecular weight excluding hydrogens is 318 g/mol. The van der Waals surface area contributed by atoms with Gasteiger partial charge in [-0.15, -0.1) is 11.8 Å². The van der Waals surface area contributed by atoms with Crippen LogP contribution >= 0.6 is 11.8 Å². The molecule has 1 aliphatic rings. The molecule has 1 N–H and O–H groups in total. The van der Waals surface area contributed by atoms with Crippen molar-refractivity contribution in [1.82, 2.24) is 15.1 Å². The van der Waals surface area contributed by atoms with E-state index in [9.17, 15) is 4.79 Å². The summed E-state index contributed by atoms with van der Waals surface area (Å²) in [5.74, 6) is 1.15. The van der Waals surface area contributed by atoms with Crippen LogP contribution in [0, 0.1) is 12.8 Å². The van der Waals surface area contributed by atoms with Crippen LogP contribution in [0.2, 0.25) is 0 Å². The Morgan fingerprint density at radius 1 is 1.21 bits per heavy atom. The fourth-order valence-electron chi connectivity index (χ4n) is 3.07. The van der Waals surface area contributed by atoms with Crippen molar-refractivity contribution in [3.8, 4) is 0 Å². The molecular formula is C19H31N3OS. The molecule has 1 aromatic rings. The third-order valence-corrected chi connectivity index (χ3v) is 5.91. The Labute approximate surface area is 151 Å². The van der Waals surface area contributed by atoms with Gasteiger partial charge in [0.25, 0.3) is 0 Å². The fraction of sp³-hybridized carbons (Fsp3) is 0.632. The average molecular weight is 350 g/mol. The molecule has 1 saturated heterocycles. The van der Waals surface area contributed by atoms with Crippen molar-refractivity contribution in [2.45, 2.75) is 31.7 Å². The quantitative estimate of drug-likeness (QED) is 0.767. The van der Waals surface area contributed by atoms with Gasteiger partial charge in [-0.25, -0.2) is 0 Å². The standard InChI is InChI=1S/C19H31N3OS/c1-15(2)17(22-11-9-21(4)10-12-22)13-20-19(23)14-24-18-8-6-5-7-16(18)3/h5-8,15,17H,9-14H2,1-4H3,(H,20,23). The maximum atomic E-state index is 12.2. The van der Waals surface area contributed by atoms with Crippen molar-refractivity contribution in [3.63, 3.8) is 0 Å². The molecule has 5 heteroatoms. The summed E-state index contributed by atoms with van der Waals surface area (Å²) in [6, 6.07) is 8.64. The number of rotatable bonds is 7. The highest BCUT2D eigenvalue weighted by Crippen LogP contribution is 2.21. The summed E-state index contributed by atoms with van der Waals surface area (Å²) in [6.07, 6.45) is 0. The normalized spacial score (nSPS) is 17.9. The zero-order chi connectivity index (χ0) is 17.5. The second-order valence-electron chi connectivity index (χ2n) is 7.01. The van der Waals surface area contributed by atoms with Gasteiger partial charge in [-0.3, -0.25) is 9.69 Å². The highest BCUT2D eigenvalue weighted by molar-refractivity contribution is 8.00. The summed E-state index contributed by atoms with van der Waals surface area (Å²) in [7, 11) is 2.17. The van der Waals surface area contributed by atoms with Gasteiger partial charge in [0.1, 0.15) is 0 Å². The molecule has 1 heterocycles. The highest BCUT2D eigenvalue weighted by atomic mass is 32.2. The van der Waals surface area contributed by atoms with Crippen molar-refractivity contribution in [2.75, 3.05) is 45.5 Å². The topological polar surface area (TPSA) is 35.6 Å². The molecule has 1 atom stereocenters. The number of amides is 1. The lowest BCUT2D eigenvalue weighted by atomic mass is 10.0. The minimum atomic E-state index is 0.128. The molecule has 1 amide bonds. The first kappa shape index (κ1) is 19.3. The minimum absolute atomic E-state index is 0.128. The zero-order valence-corrected chi connectivity index (χ0v) is 16.2. The highest BCUT2D eigenvalue weighted by Gasteiger charge is 2.25. The van der Waals surface area contributed by atoms with E-state index in [0.29, 0.717) is 17.7 Å². The van der Waals surface area contributed by atoms with Gasteiger partial charge in [0, 0.05) is 43.7 Å². The molecule has 4 nitrogen and oxygen atoms in total. The van der Waals surface area contributed by atoms with Crippen molar-refractivity contribution >= 4 is 17.7 Å². The monoisotopic (exact) mass is 349 g/mol. The third kappa shape index (κ3) is 5.80. The Morgan fingerprint density at radius 3 is 2.50 bits per heavy atom. The van der Waals surface area contributed by atoms with Crippen molar-refractivity contribution < 1.29 is 4.79 Å². The Morgan fingerprint density at radius 2 is 1.88 bits per heavy atom. The van der Waals surface area contributed by atoms with Crippen molar-refractivity contribution in [2.24, 2.45) is 5.92 Å². The summed E-state index contributed by atoms with van der Waals surface area (Å²) in [5, 5.41) is 3.15. The minimum Gasteiger partial charge on any atom is -0.354 e. The Hall–Kier alpha value is -1.04. The van der Waals surface area contributed by atoms with Crippen LogP contribution in [-0.2, 0) is 4.79 Å². The van der Waals surface area contributed by atoms with E-state index in [4.69, 9.17) is 0 Å². The van der Waals surface area contributed by atoms with Crippen LogP contribution in [0.1, 0.15) is 19.4 Å². The van der Waals surface area contributed by atoms with Gasteiger partial charge in [-0.2, -0.15) is 0 Å². The molecule has 2 rings (SSSR count). The largest absolute Gasteiger partial charge is 0.354 e. The summed E-state index contributed by atoms with van der Waals surface area (Å²) < 4.78 is 0. The van der Waals surface area contributed by atoms with Gasteiger partial charge in [-0.05, 0) is 31.5 Å². The number of carbonyl (C=O) groups excluding carboxylic acids is 1. The summed E-state index contributed by atoms with van der Waals surface area (Å²) in [5.41, 5.74) is 1.23. The van der Waals surface area contributed by atoms with Crippen LogP contribution in [0.5, 0.6) is 0 Å². The first-order chi connectivity index (χ1) is 11.5. The molecule has 0 spiro atoms.